The van der Waals surface area contributed by atoms with E-state index in [-0.39, 0.29) is 5.56 Å². The van der Waals surface area contributed by atoms with Crippen LogP contribution in [-0.2, 0) is 4.79 Å². The molecule has 0 saturated carbocycles. The lowest BCUT2D eigenvalue weighted by molar-refractivity contribution is -0.120. The third-order valence-electron chi connectivity index (χ3n) is 2.73. The number of halogens is 2. The highest BCUT2D eigenvalue weighted by molar-refractivity contribution is 5.97. The summed E-state index contributed by atoms with van der Waals surface area (Å²) in [5, 5.41) is 2.40. The quantitative estimate of drug-likeness (QED) is 0.592. The Kier molecular flexibility index (Phi) is 5.83. The second-order valence-corrected chi connectivity index (χ2v) is 4.28. The summed E-state index contributed by atoms with van der Waals surface area (Å²) in [7, 11) is 0. The SMILES string of the molecule is C=CCCC[C@H](NC(=O)c1ccc(F)c(F)c1)C(N)=O. The molecule has 3 N–H and O–H groups in total. The average Bonchev–Trinajstić information content (AvgIpc) is 2.40. The first-order valence-corrected chi connectivity index (χ1v) is 6.12. The van der Waals surface area contributed by atoms with Crippen molar-refractivity contribution in [3.8, 4) is 0 Å². The van der Waals surface area contributed by atoms with Gasteiger partial charge in [-0.2, -0.15) is 0 Å². The van der Waals surface area contributed by atoms with Gasteiger partial charge in [0.15, 0.2) is 11.6 Å². The minimum atomic E-state index is -1.13. The number of amides is 2. The number of benzene rings is 1. The maximum absolute atomic E-state index is 13.0. The van der Waals surface area contributed by atoms with Gasteiger partial charge in [-0.3, -0.25) is 9.59 Å². The molecule has 4 nitrogen and oxygen atoms in total. The number of nitrogens with one attached hydrogen (secondary N) is 1. The summed E-state index contributed by atoms with van der Waals surface area (Å²) in [6.45, 7) is 3.55. The molecule has 108 valence electrons. The molecule has 2 amide bonds. The highest BCUT2D eigenvalue weighted by atomic mass is 19.2. The first-order chi connectivity index (χ1) is 9.45. The van der Waals surface area contributed by atoms with Crippen molar-refractivity contribution in [3.05, 3.63) is 48.1 Å². The topological polar surface area (TPSA) is 72.2 Å². The number of nitrogens with two attached hydrogens (primary N) is 1. The van der Waals surface area contributed by atoms with E-state index >= 15 is 0 Å². The first kappa shape index (κ1) is 15.8. The molecular formula is C14H16F2N2O2. The highest BCUT2D eigenvalue weighted by Crippen LogP contribution is 2.09. The van der Waals surface area contributed by atoms with Crippen molar-refractivity contribution in [2.75, 3.05) is 0 Å². The van der Waals surface area contributed by atoms with Crippen LogP contribution in [0.25, 0.3) is 0 Å². The fraction of sp³-hybridized carbons (Fsp3) is 0.286. The molecule has 0 bridgehead atoms. The molecule has 1 rings (SSSR count). The molecule has 0 aliphatic rings. The second-order valence-electron chi connectivity index (χ2n) is 4.28. The molecule has 20 heavy (non-hydrogen) atoms. The fourth-order valence-electron chi connectivity index (χ4n) is 1.63. The number of allylic oxidation sites excluding steroid dienone is 1. The summed E-state index contributed by atoms with van der Waals surface area (Å²) < 4.78 is 25.8. The van der Waals surface area contributed by atoms with Gasteiger partial charge < -0.3 is 11.1 Å². The number of unbranched alkanes of at least 4 members (excludes halogenated alkanes) is 1. The molecule has 6 heteroatoms. The van der Waals surface area contributed by atoms with Crippen molar-refractivity contribution in [2.45, 2.75) is 25.3 Å². The molecule has 1 aromatic carbocycles. The zero-order valence-corrected chi connectivity index (χ0v) is 10.9. The number of primary amides is 1. The minimum absolute atomic E-state index is 0.0705. The first-order valence-electron chi connectivity index (χ1n) is 6.12. The number of hydrogen-bond donors (Lipinski definition) is 2. The van der Waals surface area contributed by atoms with Gasteiger partial charge in [-0.25, -0.2) is 8.78 Å². The highest BCUT2D eigenvalue weighted by Gasteiger charge is 2.19. The van der Waals surface area contributed by atoms with E-state index < -0.39 is 29.5 Å². The Morgan fingerprint density at radius 1 is 1.35 bits per heavy atom. The summed E-state index contributed by atoms with van der Waals surface area (Å²) in [4.78, 5) is 23.1. The summed E-state index contributed by atoms with van der Waals surface area (Å²) in [6.07, 6.45) is 3.37. The van der Waals surface area contributed by atoms with E-state index in [1.165, 1.54) is 0 Å². The molecule has 0 aromatic heterocycles. The average molecular weight is 282 g/mol. The van der Waals surface area contributed by atoms with E-state index in [0.717, 1.165) is 18.2 Å². The van der Waals surface area contributed by atoms with E-state index in [2.05, 4.69) is 11.9 Å². The summed E-state index contributed by atoms with van der Waals surface area (Å²) >= 11 is 0. The Morgan fingerprint density at radius 3 is 2.60 bits per heavy atom. The maximum atomic E-state index is 13.0. The lowest BCUT2D eigenvalue weighted by atomic mass is 10.1. The van der Waals surface area contributed by atoms with Crippen LogP contribution in [0.5, 0.6) is 0 Å². The lowest BCUT2D eigenvalue weighted by Gasteiger charge is -2.15. The monoisotopic (exact) mass is 282 g/mol. The van der Waals surface area contributed by atoms with E-state index in [0.29, 0.717) is 19.3 Å². The van der Waals surface area contributed by atoms with Crippen molar-refractivity contribution >= 4 is 11.8 Å². The minimum Gasteiger partial charge on any atom is -0.368 e. The standard InChI is InChI=1S/C14H16F2N2O2/c1-2-3-4-5-12(13(17)19)18-14(20)9-6-7-10(15)11(16)8-9/h2,6-8,12H,1,3-5H2,(H2,17,19)(H,18,20)/t12-/m0/s1. The van der Waals surface area contributed by atoms with Crippen molar-refractivity contribution in [1.29, 1.82) is 0 Å². The van der Waals surface area contributed by atoms with E-state index in [1.54, 1.807) is 6.08 Å². The Bertz CT molecular complexity index is 518. The normalized spacial score (nSPS) is 11.7. The van der Waals surface area contributed by atoms with Gasteiger partial charge in [-0.1, -0.05) is 6.08 Å². The molecule has 0 aliphatic heterocycles. The molecular weight excluding hydrogens is 266 g/mol. The van der Waals surface area contributed by atoms with Crippen LogP contribution < -0.4 is 11.1 Å². The molecule has 1 atom stereocenters. The number of carbonyl (C=O) groups is 2. The van der Waals surface area contributed by atoms with Gasteiger partial charge in [0, 0.05) is 5.56 Å². The second kappa shape index (κ2) is 7.37. The van der Waals surface area contributed by atoms with Gasteiger partial charge in [0.2, 0.25) is 5.91 Å². The predicted molar refractivity (Wildman–Crippen MR) is 70.9 cm³/mol. The van der Waals surface area contributed by atoms with E-state index in [4.69, 9.17) is 5.73 Å². The molecule has 0 heterocycles. The van der Waals surface area contributed by atoms with Crippen LogP contribution >= 0.6 is 0 Å². The Labute approximate surface area is 115 Å². The van der Waals surface area contributed by atoms with Gasteiger partial charge in [0.05, 0.1) is 0 Å². The summed E-state index contributed by atoms with van der Waals surface area (Å²) in [6, 6.07) is 1.90. The molecule has 0 spiro atoms. The lowest BCUT2D eigenvalue weighted by Crippen LogP contribution is -2.44. The summed E-state index contributed by atoms with van der Waals surface area (Å²) in [5.41, 5.74) is 5.12. The van der Waals surface area contributed by atoms with Crippen molar-refractivity contribution in [2.24, 2.45) is 5.73 Å². The van der Waals surface area contributed by atoms with Gasteiger partial charge in [0.25, 0.3) is 5.91 Å². The number of hydrogen-bond acceptors (Lipinski definition) is 2. The number of carbonyl (C=O) groups excluding carboxylic acids is 2. The Morgan fingerprint density at radius 2 is 2.05 bits per heavy atom. The van der Waals surface area contributed by atoms with Crippen LogP contribution in [0.4, 0.5) is 8.78 Å². The van der Waals surface area contributed by atoms with Gasteiger partial charge in [-0.15, -0.1) is 6.58 Å². The van der Waals surface area contributed by atoms with Crippen LogP contribution in [0.3, 0.4) is 0 Å². The van der Waals surface area contributed by atoms with Crippen LogP contribution in [0.15, 0.2) is 30.9 Å². The van der Waals surface area contributed by atoms with E-state index in [1.807, 2.05) is 0 Å². The molecule has 0 radical (unpaired) electrons. The van der Waals surface area contributed by atoms with Crippen molar-refractivity contribution in [1.82, 2.24) is 5.32 Å². The molecule has 0 saturated heterocycles. The van der Waals surface area contributed by atoms with Crippen molar-refractivity contribution < 1.29 is 18.4 Å². The number of rotatable bonds is 7. The Hall–Kier alpha value is -2.24. The third-order valence-corrected chi connectivity index (χ3v) is 2.73. The molecule has 1 aromatic rings. The third kappa shape index (κ3) is 4.46. The van der Waals surface area contributed by atoms with Crippen molar-refractivity contribution in [3.63, 3.8) is 0 Å². The van der Waals surface area contributed by atoms with Gasteiger partial charge >= 0.3 is 0 Å². The van der Waals surface area contributed by atoms with Crippen LogP contribution in [0.2, 0.25) is 0 Å². The van der Waals surface area contributed by atoms with Crippen LogP contribution in [0.1, 0.15) is 29.6 Å². The van der Waals surface area contributed by atoms with Crippen LogP contribution in [0, 0.1) is 11.6 Å². The Balaban J connectivity index is 2.72. The van der Waals surface area contributed by atoms with E-state index in [9.17, 15) is 18.4 Å². The maximum Gasteiger partial charge on any atom is 0.252 e. The zero-order chi connectivity index (χ0) is 15.1. The van der Waals surface area contributed by atoms with Gasteiger partial charge in [-0.05, 0) is 37.5 Å². The van der Waals surface area contributed by atoms with Crippen LogP contribution in [-0.4, -0.2) is 17.9 Å². The molecule has 0 aliphatic carbocycles. The smallest absolute Gasteiger partial charge is 0.252 e. The molecule has 0 fully saturated rings. The molecule has 0 unspecified atom stereocenters. The fourth-order valence-corrected chi connectivity index (χ4v) is 1.63. The summed E-state index contributed by atoms with van der Waals surface area (Å²) in [5.74, 6) is -3.52. The van der Waals surface area contributed by atoms with Gasteiger partial charge in [0.1, 0.15) is 6.04 Å². The largest absolute Gasteiger partial charge is 0.368 e. The zero-order valence-electron chi connectivity index (χ0n) is 10.9. The predicted octanol–water partition coefficient (Wildman–Crippen LogP) is 1.90.